The molecule has 1 aromatic carbocycles. The Kier molecular flexibility index (Phi) is 3.81. The van der Waals surface area contributed by atoms with E-state index < -0.39 is 6.03 Å². The molecule has 0 aromatic heterocycles. The van der Waals surface area contributed by atoms with E-state index in [1.807, 2.05) is 0 Å². The second-order valence-corrected chi connectivity index (χ2v) is 5.57. The normalized spacial score (nSPS) is 20.0. The van der Waals surface area contributed by atoms with Crippen LogP contribution in [0.5, 0.6) is 5.75 Å². The first-order valence-corrected chi connectivity index (χ1v) is 7.36. The Balaban J connectivity index is 1.85. The number of ether oxygens (including phenoxy) is 1. The molecule has 2 aliphatic heterocycles. The summed E-state index contributed by atoms with van der Waals surface area (Å²) >= 11 is 0. The van der Waals surface area contributed by atoms with E-state index in [0.717, 1.165) is 6.42 Å². The summed E-state index contributed by atoms with van der Waals surface area (Å²) in [5, 5.41) is 2.47. The van der Waals surface area contributed by atoms with Crippen LogP contribution in [0.15, 0.2) is 18.2 Å². The zero-order chi connectivity index (χ0) is 16.6. The number of amides is 5. The van der Waals surface area contributed by atoms with Crippen molar-refractivity contribution in [3.05, 3.63) is 23.8 Å². The minimum absolute atomic E-state index is 0.0993. The molecule has 5 amide bonds. The van der Waals surface area contributed by atoms with Crippen molar-refractivity contribution < 1.29 is 19.1 Å². The van der Waals surface area contributed by atoms with Crippen LogP contribution in [0.3, 0.4) is 0 Å². The predicted molar refractivity (Wildman–Crippen MR) is 81.9 cm³/mol. The number of methoxy groups -OCH3 is 1. The highest BCUT2D eigenvalue weighted by Crippen LogP contribution is 2.31. The van der Waals surface area contributed by atoms with E-state index in [0.29, 0.717) is 30.0 Å². The number of benzene rings is 1. The van der Waals surface area contributed by atoms with Crippen LogP contribution in [0.1, 0.15) is 18.4 Å². The van der Waals surface area contributed by atoms with Crippen LogP contribution in [-0.4, -0.2) is 47.5 Å². The van der Waals surface area contributed by atoms with Gasteiger partial charge in [-0.25, -0.2) is 9.59 Å². The molecule has 8 nitrogen and oxygen atoms in total. The molecule has 0 radical (unpaired) electrons. The number of fused-ring (bicyclic) bond motifs is 1. The highest BCUT2D eigenvalue weighted by Gasteiger charge is 2.47. The maximum atomic E-state index is 12.4. The number of imide groups is 1. The van der Waals surface area contributed by atoms with Crippen LogP contribution in [0.25, 0.3) is 0 Å². The molecule has 2 saturated heterocycles. The van der Waals surface area contributed by atoms with Gasteiger partial charge in [-0.1, -0.05) is 0 Å². The summed E-state index contributed by atoms with van der Waals surface area (Å²) in [5.74, 6) is 0.357. The molecule has 2 heterocycles. The molecule has 1 atom stereocenters. The molecule has 122 valence electrons. The number of hydrogen-bond donors (Lipinski definition) is 2. The van der Waals surface area contributed by atoms with Crippen LogP contribution in [0.2, 0.25) is 0 Å². The minimum atomic E-state index is -0.685. The number of anilines is 1. The van der Waals surface area contributed by atoms with Crippen molar-refractivity contribution in [2.75, 3.05) is 19.0 Å². The average molecular weight is 318 g/mol. The number of carbonyl (C=O) groups excluding carboxylic acids is 3. The fraction of sp³-hybridized carbons (Fsp3) is 0.400. The van der Waals surface area contributed by atoms with Crippen molar-refractivity contribution in [3.8, 4) is 5.75 Å². The van der Waals surface area contributed by atoms with Crippen molar-refractivity contribution in [2.24, 2.45) is 5.73 Å². The fourth-order valence-corrected chi connectivity index (χ4v) is 3.12. The van der Waals surface area contributed by atoms with Crippen LogP contribution in [0.4, 0.5) is 15.3 Å². The van der Waals surface area contributed by atoms with Gasteiger partial charge in [-0.05, 0) is 31.0 Å². The fourth-order valence-electron chi connectivity index (χ4n) is 3.12. The summed E-state index contributed by atoms with van der Waals surface area (Å²) in [7, 11) is 1.51. The van der Waals surface area contributed by atoms with Gasteiger partial charge in [0.1, 0.15) is 11.8 Å². The number of nitrogens with two attached hydrogens (primary N) is 1. The molecule has 3 N–H and O–H groups in total. The summed E-state index contributed by atoms with van der Waals surface area (Å²) < 4.78 is 5.27. The Morgan fingerprint density at radius 3 is 2.87 bits per heavy atom. The molecule has 2 aliphatic rings. The second kappa shape index (κ2) is 5.79. The molecule has 0 spiro atoms. The van der Waals surface area contributed by atoms with E-state index >= 15 is 0 Å². The summed E-state index contributed by atoms with van der Waals surface area (Å²) in [6.07, 6.45) is 1.57. The Labute approximate surface area is 133 Å². The SMILES string of the molecule is COc1ccc(NC(N)=O)cc1CN1C(=O)C2CCCN2C1=O. The molecule has 0 saturated carbocycles. The van der Waals surface area contributed by atoms with E-state index in [1.54, 1.807) is 23.1 Å². The summed E-state index contributed by atoms with van der Waals surface area (Å²) in [5.41, 5.74) is 6.21. The molecule has 23 heavy (non-hydrogen) atoms. The van der Waals surface area contributed by atoms with Crippen molar-refractivity contribution in [3.63, 3.8) is 0 Å². The largest absolute Gasteiger partial charge is 0.496 e. The highest BCUT2D eigenvalue weighted by molar-refractivity contribution is 6.04. The lowest BCUT2D eigenvalue weighted by molar-refractivity contribution is -0.128. The summed E-state index contributed by atoms with van der Waals surface area (Å²) in [4.78, 5) is 38.6. The third-order valence-corrected chi connectivity index (χ3v) is 4.16. The quantitative estimate of drug-likeness (QED) is 0.811. The lowest BCUT2D eigenvalue weighted by Crippen LogP contribution is -2.32. The van der Waals surface area contributed by atoms with E-state index in [-0.39, 0.29) is 24.5 Å². The van der Waals surface area contributed by atoms with Gasteiger partial charge in [0.15, 0.2) is 0 Å². The number of nitrogens with one attached hydrogen (secondary N) is 1. The summed E-state index contributed by atoms with van der Waals surface area (Å²) in [6.45, 7) is 0.717. The number of hydrogen-bond acceptors (Lipinski definition) is 4. The standard InChI is InChI=1S/C15H18N4O4/c1-23-12-5-4-10(17-14(16)21)7-9(12)8-19-13(20)11-3-2-6-18(11)15(19)22/h4-5,7,11H,2-3,6,8H2,1H3,(H3,16,17,21). The Bertz CT molecular complexity index is 653. The average Bonchev–Trinajstić information content (AvgIpc) is 3.07. The smallest absolute Gasteiger partial charge is 0.327 e. The molecule has 1 unspecified atom stereocenters. The number of nitrogens with zero attached hydrogens (tertiary/aromatic N) is 2. The van der Waals surface area contributed by atoms with Crippen LogP contribution >= 0.6 is 0 Å². The zero-order valence-electron chi connectivity index (χ0n) is 12.7. The predicted octanol–water partition coefficient (Wildman–Crippen LogP) is 1.11. The number of urea groups is 2. The molecule has 8 heteroatoms. The van der Waals surface area contributed by atoms with Gasteiger partial charge in [-0.3, -0.25) is 9.69 Å². The van der Waals surface area contributed by atoms with Gasteiger partial charge in [0.25, 0.3) is 5.91 Å². The van der Waals surface area contributed by atoms with Gasteiger partial charge >= 0.3 is 12.1 Å². The van der Waals surface area contributed by atoms with Gasteiger partial charge < -0.3 is 20.7 Å². The van der Waals surface area contributed by atoms with Crippen LogP contribution in [-0.2, 0) is 11.3 Å². The Morgan fingerprint density at radius 2 is 2.22 bits per heavy atom. The first-order chi connectivity index (χ1) is 11.0. The van der Waals surface area contributed by atoms with Gasteiger partial charge in [0.2, 0.25) is 0 Å². The van der Waals surface area contributed by atoms with Gasteiger partial charge in [-0.15, -0.1) is 0 Å². The summed E-state index contributed by atoms with van der Waals surface area (Å²) in [6, 6.07) is 3.66. The van der Waals surface area contributed by atoms with Crippen LogP contribution in [0, 0.1) is 0 Å². The number of rotatable bonds is 4. The molecule has 0 aliphatic carbocycles. The monoisotopic (exact) mass is 318 g/mol. The van der Waals surface area contributed by atoms with E-state index in [4.69, 9.17) is 10.5 Å². The zero-order valence-corrected chi connectivity index (χ0v) is 12.7. The first kappa shape index (κ1) is 15.1. The van der Waals surface area contributed by atoms with E-state index in [9.17, 15) is 14.4 Å². The minimum Gasteiger partial charge on any atom is -0.496 e. The van der Waals surface area contributed by atoms with Crippen molar-refractivity contribution >= 4 is 23.7 Å². The molecule has 0 bridgehead atoms. The molecule has 2 fully saturated rings. The van der Waals surface area contributed by atoms with Crippen molar-refractivity contribution in [1.82, 2.24) is 9.80 Å². The number of primary amides is 1. The van der Waals surface area contributed by atoms with Gasteiger partial charge in [0.05, 0.1) is 13.7 Å². The lowest BCUT2D eigenvalue weighted by atomic mass is 10.1. The lowest BCUT2D eigenvalue weighted by Gasteiger charge is -2.18. The van der Waals surface area contributed by atoms with Crippen molar-refractivity contribution in [2.45, 2.75) is 25.4 Å². The molecule has 3 rings (SSSR count). The number of carbonyl (C=O) groups is 3. The maximum absolute atomic E-state index is 12.4. The third-order valence-electron chi connectivity index (χ3n) is 4.16. The highest BCUT2D eigenvalue weighted by atomic mass is 16.5. The van der Waals surface area contributed by atoms with E-state index in [1.165, 1.54) is 12.0 Å². The Morgan fingerprint density at radius 1 is 1.43 bits per heavy atom. The van der Waals surface area contributed by atoms with Gasteiger partial charge in [0, 0.05) is 17.8 Å². The second-order valence-electron chi connectivity index (χ2n) is 5.57. The topological polar surface area (TPSA) is 105 Å². The van der Waals surface area contributed by atoms with Gasteiger partial charge in [-0.2, -0.15) is 0 Å². The first-order valence-electron chi connectivity index (χ1n) is 7.36. The van der Waals surface area contributed by atoms with Crippen LogP contribution < -0.4 is 15.8 Å². The third kappa shape index (κ3) is 2.67. The Hall–Kier alpha value is -2.77. The molecular weight excluding hydrogens is 300 g/mol. The molecular formula is C15H18N4O4. The van der Waals surface area contributed by atoms with E-state index in [2.05, 4.69) is 5.32 Å². The maximum Gasteiger partial charge on any atom is 0.327 e. The molecule has 1 aromatic rings. The van der Waals surface area contributed by atoms with Crippen molar-refractivity contribution in [1.29, 1.82) is 0 Å².